The van der Waals surface area contributed by atoms with Crippen LogP contribution in [-0.4, -0.2) is 18.1 Å². The Bertz CT molecular complexity index is 631. The highest BCUT2D eigenvalue weighted by Gasteiger charge is 2.35. The molecule has 0 saturated carbocycles. The molecule has 1 aromatic carbocycles. The monoisotopic (exact) mass is 283 g/mol. The van der Waals surface area contributed by atoms with Gasteiger partial charge in [0.2, 0.25) is 0 Å². The molecule has 3 rings (SSSR count). The third kappa shape index (κ3) is 2.51. The summed E-state index contributed by atoms with van der Waals surface area (Å²) in [6.07, 6.45) is 3.76. The SMILES string of the molecule is CCC1(CC)CCN(c2nc(CN)cc3ccccc23)C1. The zero-order chi connectivity index (χ0) is 14.9. The Balaban J connectivity index is 2.04. The summed E-state index contributed by atoms with van der Waals surface area (Å²) in [6, 6.07) is 10.6. The van der Waals surface area contributed by atoms with Crippen LogP contribution in [0.25, 0.3) is 10.8 Å². The smallest absolute Gasteiger partial charge is 0.136 e. The zero-order valence-electron chi connectivity index (χ0n) is 13.1. The Morgan fingerprint density at radius 2 is 2.00 bits per heavy atom. The minimum Gasteiger partial charge on any atom is -0.356 e. The molecule has 3 nitrogen and oxygen atoms in total. The van der Waals surface area contributed by atoms with Crippen LogP contribution in [0.15, 0.2) is 30.3 Å². The molecule has 2 aromatic rings. The Morgan fingerprint density at radius 1 is 1.24 bits per heavy atom. The third-order valence-electron chi connectivity index (χ3n) is 5.22. The minimum atomic E-state index is 0.460. The van der Waals surface area contributed by atoms with Gasteiger partial charge in [0.15, 0.2) is 0 Å². The Hall–Kier alpha value is -1.61. The van der Waals surface area contributed by atoms with Crippen molar-refractivity contribution in [2.45, 2.75) is 39.7 Å². The van der Waals surface area contributed by atoms with E-state index in [0.29, 0.717) is 12.0 Å². The second-order valence-electron chi connectivity index (χ2n) is 6.24. The van der Waals surface area contributed by atoms with E-state index in [1.807, 2.05) is 0 Å². The van der Waals surface area contributed by atoms with Gasteiger partial charge in [-0.3, -0.25) is 0 Å². The standard InChI is InChI=1S/C18H25N3/c1-3-18(4-2)9-10-21(13-18)17-16-8-6-5-7-14(16)11-15(12-19)20-17/h5-8,11H,3-4,9-10,12-13,19H2,1-2H3. The Morgan fingerprint density at radius 3 is 2.67 bits per heavy atom. The largest absolute Gasteiger partial charge is 0.356 e. The first kappa shape index (κ1) is 14.3. The summed E-state index contributed by atoms with van der Waals surface area (Å²) in [5.74, 6) is 1.12. The molecule has 0 aliphatic carbocycles. The van der Waals surface area contributed by atoms with Crippen molar-refractivity contribution >= 4 is 16.6 Å². The molecule has 2 heterocycles. The molecule has 2 N–H and O–H groups in total. The summed E-state index contributed by atoms with van der Waals surface area (Å²) in [6.45, 7) is 7.35. The summed E-state index contributed by atoms with van der Waals surface area (Å²) in [4.78, 5) is 7.30. The number of anilines is 1. The van der Waals surface area contributed by atoms with Crippen LogP contribution >= 0.6 is 0 Å². The van der Waals surface area contributed by atoms with Crippen molar-refractivity contribution in [1.82, 2.24) is 4.98 Å². The molecule has 3 heteroatoms. The summed E-state index contributed by atoms with van der Waals surface area (Å²) >= 11 is 0. The van der Waals surface area contributed by atoms with Gasteiger partial charge in [-0.05, 0) is 36.1 Å². The van der Waals surface area contributed by atoms with Crippen LogP contribution in [0.5, 0.6) is 0 Å². The van der Waals surface area contributed by atoms with Crippen molar-refractivity contribution in [3.8, 4) is 0 Å². The number of benzene rings is 1. The summed E-state index contributed by atoms with van der Waals surface area (Å²) < 4.78 is 0. The quantitative estimate of drug-likeness (QED) is 0.930. The van der Waals surface area contributed by atoms with Crippen LogP contribution in [0.2, 0.25) is 0 Å². The minimum absolute atomic E-state index is 0.460. The normalized spacial score (nSPS) is 17.6. The van der Waals surface area contributed by atoms with E-state index in [0.717, 1.165) is 24.6 Å². The van der Waals surface area contributed by atoms with Crippen LogP contribution in [-0.2, 0) is 6.54 Å². The van der Waals surface area contributed by atoms with Gasteiger partial charge in [-0.15, -0.1) is 0 Å². The second kappa shape index (κ2) is 5.64. The van der Waals surface area contributed by atoms with Gasteiger partial charge in [0.05, 0.1) is 5.69 Å². The molecule has 0 radical (unpaired) electrons. The third-order valence-corrected chi connectivity index (χ3v) is 5.22. The van der Waals surface area contributed by atoms with Crippen LogP contribution < -0.4 is 10.6 Å². The highest BCUT2D eigenvalue weighted by Crippen LogP contribution is 2.40. The van der Waals surface area contributed by atoms with E-state index in [1.54, 1.807) is 0 Å². The number of hydrogen-bond donors (Lipinski definition) is 1. The van der Waals surface area contributed by atoms with Crippen molar-refractivity contribution in [3.63, 3.8) is 0 Å². The van der Waals surface area contributed by atoms with E-state index >= 15 is 0 Å². The second-order valence-corrected chi connectivity index (χ2v) is 6.24. The molecule has 21 heavy (non-hydrogen) atoms. The molecule has 0 atom stereocenters. The van der Waals surface area contributed by atoms with Gasteiger partial charge in [-0.2, -0.15) is 0 Å². The molecule has 1 aromatic heterocycles. The van der Waals surface area contributed by atoms with Gasteiger partial charge in [-0.1, -0.05) is 38.1 Å². The maximum absolute atomic E-state index is 5.83. The van der Waals surface area contributed by atoms with Crippen molar-refractivity contribution in [2.75, 3.05) is 18.0 Å². The van der Waals surface area contributed by atoms with Crippen LogP contribution in [0.3, 0.4) is 0 Å². The van der Waals surface area contributed by atoms with E-state index in [9.17, 15) is 0 Å². The molecule has 1 aliphatic heterocycles. The maximum atomic E-state index is 5.83. The van der Waals surface area contributed by atoms with Gasteiger partial charge < -0.3 is 10.6 Å². The fraction of sp³-hybridized carbons (Fsp3) is 0.500. The van der Waals surface area contributed by atoms with Gasteiger partial charge in [0.25, 0.3) is 0 Å². The first-order chi connectivity index (χ1) is 10.2. The van der Waals surface area contributed by atoms with Crippen LogP contribution in [0.1, 0.15) is 38.8 Å². The summed E-state index contributed by atoms with van der Waals surface area (Å²) in [7, 11) is 0. The number of fused-ring (bicyclic) bond motifs is 1. The van der Waals surface area contributed by atoms with E-state index in [-0.39, 0.29) is 0 Å². The van der Waals surface area contributed by atoms with Crippen LogP contribution in [0.4, 0.5) is 5.82 Å². The topological polar surface area (TPSA) is 42.2 Å². The predicted molar refractivity (Wildman–Crippen MR) is 89.5 cm³/mol. The lowest BCUT2D eigenvalue weighted by Crippen LogP contribution is -2.27. The van der Waals surface area contributed by atoms with Gasteiger partial charge in [0, 0.05) is 25.0 Å². The number of rotatable bonds is 4. The molecule has 1 fully saturated rings. The average Bonchev–Trinajstić information content (AvgIpc) is 2.99. The highest BCUT2D eigenvalue weighted by atomic mass is 15.2. The average molecular weight is 283 g/mol. The zero-order valence-corrected chi connectivity index (χ0v) is 13.1. The van der Waals surface area contributed by atoms with Gasteiger partial charge >= 0.3 is 0 Å². The molecule has 1 aliphatic rings. The fourth-order valence-corrected chi connectivity index (χ4v) is 3.52. The van der Waals surface area contributed by atoms with Crippen LogP contribution in [0, 0.1) is 5.41 Å². The Kier molecular flexibility index (Phi) is 3.85. The van der Waals surface area contributed by atoms with Crippen molar-refractivity contribution in [2.24, 2.45) is 11.1 Å². The Labute approximate surface area is 127 Å². The molecule has 1 saturated heterocycles. The van der Waals surface area contributed by atoms with Gasteiger partial charge in [0.1, 0.15) is 5.82 Å². The van der Waals surface area contributed by atoms with E-state index in [4.69, 9.17) is 10.7 Å². The van der Waals surface area contributed by atoms with E-state index in [2.05, 4.69) is 49.1 Å². The first-order valence-corrected chi connectivity index (χ1v) is 8.05. The fourth-order valence-electron chi connectivity index (χ4n) is 3.52. The molecule has 0 unspecified atom stereocenters. The lowest BCUT2D eigenvalue weighted by molar-refractivity contribution is 0.301. The molecular formula is C18H25N3. The maximum Gasteiger partial charge on any atom is 0.136 e. The van der Waals surface area contributed by atoms with Gasteiger partial charge in [-0.25, -0.2) is 4.98 Å². The molecule has 0 amide bonds. The van der Waals surface area contributed by atoms with E-state index in [1.165, 1.54) is 30.0 Å². The lowest BCUT2D eigenvalue weighted by Gasteiger charge is -2.27. The molecule has 0 spiro atoms. The van der Waals surface area contributed by atoms with Crippen molar-refractivity contribution in [3.05, 3.63) is 36.0 Å². The first-order valence-electron chi connectivity index (χ1n) is 8.05. The number of hydrogen-bond acceptors (Lipinski definition) is 3. The predicted octanol–water partition coefficient (Wildman–Crippen LogP) is 3.71. The number of nitrogens with zero attached hydrogens (tertiary/aromatic N) is 2. The summed E-state index contributed by atoms with van der Waals surface area (Å²) in [5, 5.41) is 2.49. The molecular weight excluding hydrogens is 258 g/mol. The molecule has 112 valence electrons. The lowest BCUT2D eigenvalue weighted by atomic mass is 9.82. The number of aromatic nitrogens is 1. The van der Waals surface area contributed by atoms with Crippen molar-refractivity contribution in [1.29, 1.82) is 0 Å². The molecule has 0 bridgehead atoms. The van der Waals surface area contributed by atoms with E-state index < -0.39 is 0 Å². The van der Waals surface area contributed by atoms with Crippen molar-refractivity contribution < 1.29 is 0 Å². The number of nitrogens with two attached hydrogens (primary N) is 1. The summed E-state index contributed by atoms with van der Waals surface area (Å²) in [5.41, 5.74) is 7.27. The highest BCUT2D eigenvalue weighted by molar-refractivity contribution is 5.92. The number of pyridine rings is 1.